The second kappa shape index (κ2) is 4.66. The average molecular weight is 215 g/mol. The van der Waals surface area contributed by atoms with E-state index in [9.17, 15) is 4.79 Å². The summed E-state index contributed by atoms with van der Waals surface area (Å²) in [4.78, 5) is 11.1. The van der Waals surface area contributed by atoms with Crippen molar-refractivity contribution in [2.75, 3.05) is 0 Å². The van der Waals surface area contributed by atoms with Crippen molar-refractivity contribution in [1.82, 2.24) is 0 Å². The van der Waals surface area contributed by atoms with E-state index in [2.05, 4.69) is 0 Å². The second-order valence-corrected chi connectivity index (χ2v) is 3.65. The van der Waals surface area contributed by atoms with Crippen LogP contribution >= 0.6 is 0 Å². The molecule has 0 unspecified atom stereocenters. The molecule has 1 heterocycles. The van der Waals surface area contributed by atoms with Gasteiger partial charge in [-0.1, -0.05) is 30.3 Å². The van der Waals surface area contributed by atoms with E-state index < -0.39 is 0 Å². The van der Waals surface area contributed by atoms with Gasteiger partial charge in [-0.15, -0.1) is 0 Å². The van der Waals surface area contributed by atoms with Crippen molar-refractivity contribution in [3.8, 4) is 0 Å². The van der Waals surface area contributed by atoms with E-state index >= 15 is 0 Å². The van der Waals surface area contributed by atoms with Crippen LogP contribution in [0.5, 0.6) is 0 Å². The van der Waals surface area contributed by atoms with Gasteiger partial charge in [-0.05, 0) is 17.7 Å². The molecule has 1 amide bonds. The molecule has 0 spiro atoms. The highest BCUT2D eigenvalue weighted by Crippen LogP contribution is 2.27. The van der Waals surface area contributed by atoms with Gasteiger partial charge < -0.3 is 10.2 Å². The van der Waals surface area contributed by atoms with Gasteiger partial charge in [0.15, 0.2) is 0 Å². The highest BCUT2D eigenvalue weighted by atomic mass is 16.3. The van der Waals surface area contributed by atoms with E-state index in [-0.39, 0.29) is 18.2 Å². The third-order valence-electron chi connectivity index (χ3n) is 2.49. The Balaban J connectivity index is 2.32. The summed E-state index contributed by atoms with van der Waals surface area (Å²) in [6.45, 7) is 0. The molecule has 0 fully saturated rings. The number of primary amides is 1. The molecule has 2 rings (SSSR count). The first kappa shape index (κ1) is 10.5. The minimum absolute atomic E-state index is 0.0892. The van der Waals surface area contributed by atoms with Gasteiger partial charge in [0.2, 0.25) is 5.91 Å². The van der Waals surface area contributed by atoms with Crippen molar-refractivity contribution >= 4 is 5.91 Å². The monoisotopic (exact) mass is 215 g/mol. The summed E-state index contributed by atoms with van der Waals surface area (Å²) in [5.74, 6) is 0.351. The molecular formula is C13H13NO2. The first-order valence-electron chi connectivity index (χ1n) is 5.14. The van der Waals surface area contributed by atoms with Crippen molar-refractivity contribution in [2.45, 2.75) is 12.3 Å². The smallest absolute Gasteiger partial charge is 0.218 e. The number of nitrogens with two attached hydrogens (primary N) is 1. The standard InChI is InChI=1S/C13H13NO2/c14-13(15)9-11(12-7-4-8-16-12)10-5-2-1-3-6-10/h1-8,11H,9H2,(H2,14,15)/t11-/m0/s1. The lowest BCUT2D eigenvalue weighted by Crippen LogP contribution is -2.15. The largest absolute Gasteiger partial charge is 0.469 e. The molecule has 1 aromatic heterocycles. The lowest BCUT2D eigenvalue weighted by molar-refractivity contribution is -0.118. The van der Waals surface area contributed by atoms with E-state index in [1.54, 1.807) is 6.26 Å². The quantitative estimate of drug-likeness (QED) is 0.850. The molecule has 0 radical (unpaired) electrons. The molecule has 1 atom stereocenters. The van der Waals surface area contributed by atoms with Crippen molar-refractivity contribution in [1.29, 1.82) is 0 Å². The highest BCUT2D eigenvalue weighted by Gasteiger charge is 2.18. The topological polar surface area (TPSA) is 56.2 Å². The van der Waals surface area contributed by atoms with Crippen LogP contribution in [-0.4, -0.2) is 5.91 Å². The minimum Gasteiger partial charge on any atom is -0.469 e. The summed E-state index contributed by atoms with van der Waals surface area (Å²) in [5, 5.41) is 0. The van der Waals surface area contributed by atoms with Gasteiger partial charge in [-0.2, -0.15) is 0 Å². The van der Waals surface area contributed by atoms with Gasteiger partial charge in [0, 0.05) is 6.42 Å². The summed E-state index contributed by atoms with van der Waals surface area (Å²) in [6.07, 6.45) is 1.86. The van der Waals surface area contributed by atoms with Gasteiger partial charge in [0.25, 0.3) is 0 Å². The predicted octanol–water partition coefficient (Wildman–Crippen LogP) is 2.29. The Bertz CT molecular complexity index is 448. The van der Waals surface area contributed by atoms with Crippen LogP contribution in [-0.2, 0) is 4.79 Å². The molecule has 1 aromatic carbocycles. The molecule has 0 aliphatic carbocycles. The summed E-state index contributed by atoms with van der Waals surface area (Å²) in [7, 11) is 0. The Labute approximate surface area is 93.9 Å². The summed E-state index contributed by atoms with van der Waals surface area (Å²) >= 11 is 0. The molecule has 16 heavy (non-hydrogen) atoms. The van der Waals surface area contributed by atoms with Crippen molar-refractivity contribution in [2.24, 2.45) is 5.73 Å². The lowest BCUT2D eigenvalue weighted by atomic mass is 9.93. The van der Waals surface area contributed by atoms with Gasteiger partial charge in [-0.3, -0.25) is 4.79 Å². The van der Waals surface area contributed by atoms with E-state index in [0.717, 1.165) is 11.3 Å². The zero-order valence-electron chi connectivity index (χ0n) is 8.80. The number of furan rings is 1. The minimum atomic E-state index is -0.328. The molecule has 3 heteroatoms. The van der Waals surface area contributed by atoms with E-state index in [4.69, 9.17) is 10.2 Å². The molecule has 2 aromatic rings. The van der Waals surface area contributed by atoms with E-state index in [1.807, 2.05) is 42.5 Å². The number of hydrogen-bond donors (Lipinski definition) is 1. The van der Waals surface area contributed by atoms with Crippen LogP contribution < -0.4 is 5.73 Å². The zero-order valence-corrected chi connectivity index (χ0v) is 8.80. The summed E-state index contributed by atoms with van der Waals surface area (Å²) in [6, 6.07) is 13.4. The fourth-order valence-electron chi connectivity index (χ4n) is 1.76. The Morgan fingerprint density at radius 3 is 2.50 bits per heavy atom. The van der Waals surface area contributed by atoms with Gasteiger partial charge >= 0.3 is 0 Å². The molecule has 0 saturated heterocycles. The maximum absolute atomic E-state index is 11.1. The van der Waals surface area contributed by atoms with Crippen molar-refractivity contribution in [3.05, 3.63) is 60.1 Å². The normalized spacial score (nSPS) is 12.2. The Morgan fingerprint density at radius 1 is 1.19 bits per heavy atom. The Hall–Kier alpha value is -2.03. The Kier molecular flexibility index (Phi) is 3.05. The first-order chi connectivity index (χ1) is 7.77. The van der Waals surface area contributed by atoms with E-state index in [1.165, 1.54) is 0 Å². The summed E-state index contributed by atoms with van der Waals surface area (Å²) < 4.78 is 5.34. The third-order valence-corrected chi connectivity index (χ3v) is 2.49. The van der Waals surface area contributed by atoms with Crippen LogP contribution in [0.3, 0.4) is 0 Å². The molecule has 82 valence electrons. The summed E-state index contributed by atoms with van der Waals surface area (Å²) in [5.41, 5.74) is 6.29. The fourth-order valence-corrected chi connectivity index (χ4v) is 1.76. The van der Waals surface area contributed by atoms with E-state index in [0.29, 0.717) is 0 Å². The lowest BCUT2D eigenvalue weighted by Gasteiger charge is -2.12. The molecular weight excluding hydrogens is 202 g/mol. The van der Waals surface area contributed by atoms with Crippen LogP contribution in [0.2, 0.25) is 0 Å². The van der Waals surface area contributed by atoms with Crippen LogP contribution in [0.1, 0.15) is 23.7 Å². The van der Waals surface area contributed by atoms with Gasteiger partial charge in [0.05, 0.1) is 12.2 Å². The molecule has 2 N–H and O–H groups in total. The first-order valence-corrected chi connectivity index (χ1v) is 5.14. The fraction of sp³-hybridized carbons (Fsp3) is 0.154. The number of rotatable bonds is 4. The van der Waals surface area contributed by atoms with Crippen LogP contribution in [0.4, 0.5) is 0 Å². The van der Waals surface area contributed by atoms with Crippen LogP contribution in [0.15, 0.2) is 53.1 Å². The zero-order chi connectivity index (χ0) is 11.4. The third kappa shape index (κ3) is 2.31. The predicted molar refractivity (Wildman–Crippen MR) is 60.8 cm³/mol. The number of benzene rings is 1. The Morgan fingerprint density at radius 2 is 1.94 bits per heavy atom. The molecule has 0 aliphatic rings. The second-order valence-electron chi connectivity index (χ2n) is 3.65. The van der Waals surface area contributed by atoms with Crippen LogP contribution in [0.25, 0.3) is 0 Å². The maximum Gasteiger partial charge on any atom is 0.218 e. The van der Waals surface area contributed by atoms with Crippen molar-refractivity contribution in [3.63, 3.8) is 0 Å². The highest BCUT2D eigenvalue weighted by molar-refractivity contribution is 5.75. The molecule has 0 aliphatic heterocycles. The molecule has 0 saturated carbocycles. The SMILES string of the molecule is NC(=O)C[C@@H](c1ccccc1)c1ccco1. The molecule has 0 bridgehead atoms. The number of hydrogen-bond acceptors (Lipinski definition) is 2. The van der Waals surface area contributed by atoms with Gasteiger partial charge in [0.1, 0.15) is 5.76 Å². The number of amides is 1. The molecule has 3 nitrogen and oxygen atoms in total. The van der Waals surface area contributed by atoms with Crippen LogP contribution in [0, 0.1) is 0 Å². The average Bonchev–Trinajstić information content (AvgIpc) is 2.80. The number of carbonyl (C=O) groups excluding carboxylic acids is 1. The van der Waals surface area contributed by atoms with Gasteiger partial charge in [-0.25, -0.2) is 0 Å². The maximum atomic E-state index is 11.1. The van der Waals surface area contributed by atoms with Crippen molar-refractivity contribution < 1.29 is 9.21 Å². The number of carbonyl (C=O) groups is 1.